The van der Waals surface area contributed by atoms with Crippen LogP contribution in [0.1, 0.15) is 79.6 Å². The summed E-state index contributed by atoms with van der Waals surface area (Å²) >= 11 is 0. The third kappa shape index (κ3) is 3.49. The lowest BCUT2D eigenvalue weighted by Crippen LogP contribution is -2.64. The van der Waals surface area contributed by atoms with Gasteiger partial charge in [-0.05, 0) is 80.8 Å². The van der Waals surface area contributed by atoms with Crippen LogP contribution in [0.15, 0.2) is 11.6 Å². The summed E-state index contributed by atoms with van der Waals surface area (Å²) in [6.07, 6.45) is 0.303. The fraction of sp³-hybridized carbons (Fsp3) is 0.889. The molecule has 0 aromatic carbocycles. The van der Waals surface area contributed by atoms with Crippen LogP contribution in [-0.2, 0) is 4.79 Å². The van der Waals surface area contributed by atoms with E-state index in [1.807, 2.05) is 13.8 Å². The molecule has 0 aliphatic heterocycles. The van der Waals surface area contributed by atoms with Gasteiger partial charge >= 0.3 is 0 Å². The molecule has 0 bridgehead atoms. The Morgan fingerprint density at radius 1 is 1.09 bits per heavy atom. The second kappa shape index (κ2) is 8.35. The van der Waals surface area contributed by atoms with Crippen molar-refractivity contribution in [2.24, 2.45) is 34.5 Å². The molecule has 7 heteroatoms. The molecule has 4 aliphatic rings. The average molecular weight is 481 g/mol. The Balaban J connectivity index is 1.73. The molecule has 3 saturated carbocycles. The molecule has 34 heavy (non-hydrogen) atoms. The van der Waals surface area contributed by atoms with Gasteiger partial charge < -0.3 is 30.6 Å². The van der Waals surface area contributed by atoms with Gasteiger partial charge in [0.1, 0.15) is 5.60 Å². The van der Waals surface area contributed by atoms with Crippen LogP contribution in [0.3, 0.4) is 0 Å². The minimum atomic E-state index is -1.72. The lowest BCUT2D eigenvalue weighted by molar-refractivity contribution is -0.184. The van der Waals surface area contributed by atoms with Crippen LogP contribution in [0.2, 0.25) is 0 Å². The Kier molecular flexibility index (Phi) is 6.45. The first-order chi connectivity index (χ1) is 15.6. The van der Waals surface area contributed by atoms with Gasteiger partial charge in [0.25, 0.3) is 0 Å². The van der Waals surface area contributed by atoms with Crippen molar-refractivity contribution >= 4 is 5.78 Å². The Bertz CT molecular complexity index is 852. The summed E-state index contributed by atoms with van der Waals surface area (Å²) < 4.78 is 0. The second-order valence-corrected chi connectivity index (χ2v) is 12.9. The van der Waals surface area contributed by atoms with E-state index < -0.39 is 58.3 Å². The maximum atomic E-state index is 13.3. The maximum absolute atomic E-state index is 13.3. The number of hydrogen-bond acceptors (Lipinski definition) is 7. The summed E-state index contributed by atoms with van der Waals surface area (Å²) in [5.41, 5.74) is -4.30. The summed E-state index contributed by atoms with van der Waals surface area (Å²) in [6.45, 7) is 9.55. The third-order valence-corrected chi connectivity index (χ3v) is 10.6. The first-order valence-electron chi connectivity index (χ1n) is 13.0. The van der Waals surface area contributed by atoms with E-state index in [0.717, 1.165) is 6.42 Å². The van der Waals surface area contributed by atoms with Crippen molar-refractivity contribution in [1.29, 1.82) is 0 Å². The predicted octanol–water partition coefficient (Wildman–Crippen LogP) is 1.71. The van der Waals surface area contributed by atoms with Gasteiger partial charge in [-0.15, -0.1) is 0 Å². The molecule has 0 aromatic rings. The topological polar surface area (TPSA) is 138 Å². The molecule has 0 saturated heterocycles. The Hall–Kier alpha value is -0.830. The predicted molar refractivity (Wildman–Crippen MR) is 127 cm³/mol. The Morgan fingerprint density at radius 3 is 2.35 bits per heavy atom. The fourth-order valence-electron chi connectivity index (χ4n) is 8.32. The zero-order valence-corrected chi connectivity index (χ0v) is 21.2. The highest BCUT2D eigenvalue weighted by molar-refractivity contribution is 5.95. The normalized spacial score (nSPS) is 49.1. The molecule has 7 nitrogen and oxygen atoms in total. The molecular formula is C27H44O7. The smallest absolute Gasteiger partial charge is 0.159 e. The molecule has 194 valence electrons. The van der Waals surface area contributed by atoms with Crippen molar-refractivity contribution in [3.63, 3.8) is 0 Å². The van der Waals surface area contributed by atoms with Crippen molar-refractivity contribution in [3.8, 4) is 0 Å². The van der Waals surface area contributed by atoms with Crippen molar-refractivity contribution < 1.29 is 35.4 Å². The molecule has 0 amide bonds. The standard InChI is InChI=1S/C27H44O7/c1-14(2)6-7-22(31)26(5,33)21-12-23(32)27(34)16-10-18(28)17-11-19(29)20(30)13-24(17,3)15(16)8-9-25(21,27)4/h10,14-15,17,19-23,29-34H,6-9,11-13H2,1-5H3/t15-,17-,19+,20-,21-,22+,23+,24+,25+,26+,27-/m0/s1. The second-order valence-electron chi connectivity index (χ2n) is 12.9. The summed E-state index contributed by atoms with van der Waals surface area (Å²) in [5.74, 6) is -1.04. The Morgan fingerprint density at radius 2 is 1.74 bits per heavy atom. The van der Waals surface area contributed by atoms with Gasteiger partial charge in [-0.3, -0.25) is 4.79 Å². The van der Waals surface area contributed by atoms with Crippen LogP contribution in [0, 0.1) is 34.5 Å². The molecule has 4 aliphatic carbocycles. The van der Waals surface area contributed by atoms with E-state index in [0.29, 0.717) is 30.8 Å². The van der Waals surface area contributed by atoms with Gasteiger partial charge in [0, 0.05) is 17.3 Å². The van der Waals surface area contributed by atoms with E-state index in [9.17, 15) is 35.4 Å². The molecule has 0 heterocycles. The molecule has 11 atom stereocenters. The average Bonchev–Trinajstić information content (AvgIpc) is 2.96. The Labute approximate surface area is 202 Å². The summed E-state index contributed by atoms with van der Waals surface area (Å²) in [7, 11) is 0. The summed E-state index contributed by atoms with van der Waals surface area (Å²) in [5, 5.41) is 66.7. The van der Waals surface area contributed by atoms with Gasteiger partial charge in [0.15, 0.2) is 5.78 Å². The number of carbonyl (C=O) groups excluding carboxylic acids is 1. The largest absolute Gasteiger partial charge is 0.390 e. The van der Waals surface area contributed by atoms with Gasteiger partial charge in [-0.25, -0.2) is 0 Å². The number of hydrogen-bond donors (Lipinski definition) is 6. The number of aliphatic hydroxyl groups is 6. The molecular weight excluding hydrogens is 436 g/mol. The van der Waals surface area contributed by atoms with Gasteiger partial charge in [0.2, 0.25) is 0 Å². The zero-order chi connectivity index (χ0) is 25.4. The van der Waals surface area contributed by atoms with Crippen LogP contribution in [0.4, 0.5) is 0 Å². The van der Waals surface area contributed by atoms with Gasteiger partial charge in [-0.2, -0.15) is 0 Å². The lowest BCUT2D eigenvalue weighted by Gasteiger charge is -2.61. The van der Waals surface area contributed by atoms with E-state index in [-0.39, 0.29) is 31.0 Å². The maximum Gasteiger partial charge on any atom is 0.159 e. The first-order valence-corrected chi connectivity index (χ1v) is 13.0. The van der Waals surface area contributed by atoms with Crippen LogP contribution in [-0.4, -0.2) is 72.0 Å². The van der Waals surface area contributed by atoms with E-state index in [1.165, 1.54) is 6.08 Å². The molecule has 6 N–H and O–H groups in total. The number of allylic oxidation sites excluding steroid dienone is 1. The summed E-state index contributed by atoms with van der Waals surface area (Å²) in [4.78, 5) is 13.3. The SMILES string of the molecule is CC(C)CC[C@@H](O)[C@](C)(O)[C@H]1C[C@@H](O)[C@@]2(O)C3=CC(=O)[C@@H]4C[C@@H](O)[C@@H](O)C[C@]4(C)[C@H]3CC[C@]12C. The highest BCUT2D eigenvalue weighted by atomic mass is 16.4. The first kappa shape index (κ1) is 26.2. The number of rotatable bonds is 5. The van der Waals surface area contributed by atoms with Crippen LogP contribution in [0.5, 0.6) is 0 Å². The van der Waals surface area contributed by atoms with E-state index in [4.69, 9.17) is 0 Å². The fourth-order valence-corrected chi connectivity index (χ4v) is 8.32. The van der Waals surface area contributed by atoms with Crippen LogP contribution >= 0.6 is 0 Å². The molecule has 3 fully saturated rings. The lowest BCUT2D eigenvalue weighted by atomic mass is 9.45. The van der Waals surface area contributed by atoms with Crippen molar-refractivity contribution in [1.82, 2.24) is 0 Å². The molecule has 0 radical (unpaired) electrons. The summed E-state index contributed by atoms with van der Waals surface area (Å²) in [6, 6.07) is 0. The van der Waals surface area contributed by atoms with E-state index in [2.05, 4.69) is 13.8 Å². The van der Waals surface area contributed by atoms with E-state index in [1.54, 1.807) is 6.92 Å². The van der Waals surface area contributed by atoms with Crippen molar-refractivity contribution in [2.75, 3.05) is 0 Å². The highest BCUT2D eigenvalue weighted by Crippen LogP contribution is 2.68. The van der Waals surface area contributed by atoms with Crippen molar-refractivity contribution in [2.45, 2.75) is 115 Å². The monoisotopic (exact) mass is 480 g/mol. The minimum Gasteiger partial charge on any atom is -0.390 e. The molecule has 0 unspecified atom stereocenters. The highest BCUT2D eigenvalue weighted by Gasteiger charge is 2.72. The van der Waals surface area contributed by atoms with Crippen molar-refractivity contribution in [3.05, 3.63) is 11.6 Å². The zero-order valence-electron chi connectivity index (χ0n) is 21.2. The number of aliphatic hydroxyl groups excluding tert-OH is 4. The van der Waals surface area contributed by atoms with Crippen LogP contribution < -0.4 is 0 Å². The quantitative estimate of drug-likeness (QED) is 0.352. The van der Waals surface area contributed by atoms with Gasteiger partial charge in [-0.1, -0.05) is 27.7 Å². The third-order valence-electron chi connectivity index (χ3n) is 10.6. The molecule has 0 aromatic heterocycles. The molecule has 0 spiro atoms. The number of fused-ring (bicyclic) bond motifs is 5. The number of carbonyl (C=O) groups is 1. The van der Waals surface area contributed by atoms with E-state index >= 15 is 0 Å². The number of ketones is 1. The molecule has 4 rings (SSSR count). The van der Waals surface area contributed by atoms with Gasteiger partial charge in [0.05, 0.1) is 30.0 Å². The minimum absolute atomic E-state index is 0.123. The van der Waals surface area contributed by atoms with Crippen LogP contribution in [0.25, 0.3) is 0 Å².